The zero-order valence-electron chi connectivity index (χ0n) is 10.8. The van der Waals surface area contributed by atoms with Gasteiger partial charge in [-0.1, -0.05) is 15.9 Å². The summed E-state index contributed by atoms with van der Waals surface area (Å²) >= 11 is 3.34. The Balaban J connectivity index is 3.17. The molecule has 4 nitrogen and oxygen atoms in total. The van der Waals surface area contributed by atoms with E-state index in [1.807, 2.05) is 19.1 Å². The number of benzene rings is 1. The molecule has 0 heterocycles. The van der Waals surface area contributed by atoms with Crippen LogP contribution < -0.4 is 4.74 Å². The van der Waals surface area contributed by atoms with E-state index in [4.69, 9.17) is 14.7 Å². The van der Waals surface area contributed by atoms with Crippen molar-refractivity contribution in [1.29, 1.82) is 5.26 Å². The van der Waals surface area contributed by atoms with E-state index in [1.165, 1.54) is 6.08 Å². The third-order valence-corrected chi connectivity index (χ3v) is 2.68. The molecule has 0 fully saturated rings. The molecule has 0 radical (unpaired) electrons. The Morgan fingerprint density at radius 2 is 2.16 bits per heavy atom. The summed E-state index contributed by atoms with van der Waals surface area (Å²) in [5.74, 6) is -0.0184. The summed E-state index contributed by atoms with van der Waals surface area (Å²) < 4.78 is 11.1. The topological polar surface area (TPSA) is 59.3 Å². The van der Waals surface area contributed by atoms with Crippen LogP contribution in [0.3, 0.4) is 0 Å². The van der Waals surface area contributed by atoms with Crippen LogP contribution in [-0.2, 0) is 9.53 Å². The van der Waals surface area contributed by atoms with Crippen LogP contribution in [0.25, 0.3) is 6.08 Å². The van der Waals surface area contributed by atoms with Crippen molar-refractivity contribution in [2.24, 2.45) is 0 Å². The molecule has 1 aromatic carbocycles. The highest BCUT2D eigenvalue weighted by atomic mass is 79.9. The molecule has 0 aromatic heterocycles. The molecule has 19 heavy (non-hydrogen) atoms. The second-order valence-corrected chi connectivity index (χ2v) is 4.42. The molecule has 1 aromatic rings. The largest absolute Gasteiger partial charge is 0.493 e. The van der Waals surface area contributed by atoms with E-state index in [9.17, 15) is 4.79 Å². The lowest BCUT2D eigenvalue weighted by molar-refractivity contribution is -0.137. The molecule has 0 aliphatic rings. The summed E-state index contributed by atoms with van der Waals surface area (Å²) in [6, 6.07) is 7.23. The van der Waals surface area contributed by atoms with Gasteiger partial charge in [0.15, 0.2) is 0 Å². The number of nitriles is 1. The monoisotopic (exact) mass is 323 g/mol. The van der Waals surface area contributed by atoms with Crippen LogP contribution in [0, 0.1) is 11.3 Å². The van der Waals surface area contributed by atoms with Crippen LogP contribution in [-0.4, -0.2) is 19.2 Å². The van der Waals surface area contributed by atoms with Crippen molar-refractivity contribution in [2.45, 2.75) is 13.8 Å². The molecule has 100 valence electrons. The molecule has 0 N–H and O–H groups in total. The van der Waals surface area contributed by atoms with Crippen molar-refractivity contribution in [3.05, 3.63) is 33.8 Å². The number of hydrogen-bond donors (Lipinski definition) is 0. The molecule has 0 atom stereocenters. The molecule has 0 spiro atoms. The van der Waals surface area contributed by atoms with Gasteiger partial charge in [0, 0.05) is 10.0 Å². The van der Waals surface area contributed by atoms with E-state index in [0.29, 0.717) is 17.9 Å². The minimum Gasteiger partial charge on any atom is -0.493 e. The number of halogens is 1. The highest BCUT2D eigenvalue weighted by Crippen LogP contribution is 2.25. The minimum atomic E-state index is -0.632. The Morgan fingerprint density at radius 3 is 2.74 bits per heavy atom. The van der Waals surface area contributed by atoms with E-state index < -0.39 is 5.97 Å². The van der Waals surface area contributed by atoms with Gasteiger partial charge in [-0.15, -0.1) is 0 Å². The number of esters is 1. The Morgan fingerprint density at radius 1 is 1.42 bits per heavy atom. The minimum absolute atomic E-state index is 0.0547. The predicted molar refractivity (Wildman–Crippen MR) is 75.5 cm³/mol. The quantitative estimate of drug-likeness (QED) is 0.474. The lowest BCUT2D eigenvalue weighted by Gasteiger charge is -2.08. The van der Waals surface area contributed by atoms with Gasteiger partial charge in [-0.2, -0.15) is 5.26 Å². The van der Waals surface area contributed by atoms with E-state index in [-0.39, 0.29) is 12.2 Å². The molecule has 0 aliphatic carbocycles. The fourth-order valence-corrected chi connectivity index (χ4v) is 1.80. The summed E-state index contributed by atoms with van der Waals surface area (Å²) in [5, 5.41) is 9.00. The molecule has 0 amide bonds. The van der Waals surface area contributed by atoms with Crippen molar-refractivity contribution >= 4 is 28.0 Å². The Bertz CT molecular complexity index is 532. The molecular weight excluding hydrogens is 310 g/mol. The van der Waals surface area contributed by atoms with Gasteiger partial charge < -0.3 is 9.47 Å². The van der Waals surface area contributed by atoms with Gasteiger partial charge in [0.25, 0.3) is 0 Å². The van der Waals surface area contributed by atoms with Crippen molar-refractivity contribution in [3.63, 3.8) is 0 Å². The van der Waals surface area contributed by atoms with Crippen LogP contribution in [0.5, 0.6) is 5.75 Å². The summed E-state index contributed by atoms with van der Waals surface area (Å²) in [6.07, 6.45) is 1.47. The average molecular weight is 324 g/mol. The van der Waals surface area contributed by atoms with Gasteiger partial charge in [0.05, 0.1) is 13.2 Å². The Kier molecular flexibility index (Phi) is 6.10. The standard InChI is InChI=1S/C14H14BrNO3/c1-3-18-13-6-5-12(15)8-10(13)7-11(9-16)14(17)19-4-2/h5-8H,3-4H2,1-2H3/b11-7-. The lowest BCUT2D eigenvalue weighted by atomic mass is 10.1. The molecule has 0 aliphatic heterocycles. The molecule has 1 rings (SSSR count). The Labute approximate surface area is 120 Å². The number of carbonyl (C=O) groups excluding carboxylic acids is 1. The maximum absolute atomic E-state index is 11.6. The molecule has 5 heteroatoms. The summed E-state index contributed by atoms with van der Waals surface area (Å²) in [7, 11) is 0. The average Bonchev–Trinajstić information content (AvgIpc) is 2.39. The van der Waals surface area contributed by atoms with E-state index >= 15 is 0 Å². The summed E-state index contributed by atoms with van der Waals surface area (Å²) in [6.45, 7) is 4.29. The van der Waals surface area contributed by atoms with E-state index in [1.54, 1.807) is 19.1 Å². The first-order valence-electron chi connectivity index (χ1n) is 5.83. The van der Waals surface area contributed by atoms with Crippen LogP contribution in [0.2, 0.25) is 0 Å². The highest BCUT2D eigenvalue weighted by Gasteiger charge is 2.11. The zero-order chi connectivity index (χ0) is 14.3. The van der Waals surface area contributed by atoms with Crippen LogP contribution in [0.4, 0.5) is 0 Å². The maximum Gasteiger partial charge on any atom is 0.348 e. The Hall–Kier alpha value is -1.80. The first-order chi connectivity index (χ1) is 9.12. The van der Waals surface area contributed by atoms with Crippen molar-refractivity contribution in [2.75, 3.05) is 13.2 Å². The van der Waals surface area contributed by atoms with Gasteiger partial charge in [0.2, 0.25) is 0 Å². The molecule has 0 unspecified atom stereocenters. The van der Waals surface area contributed by atoms with Gasteiger partial charge in [-0.25, -0.2) is 4.79 Å². The molecular formula is C14H14BrNO3. The highest BCUT2D eigenvalue weighted by molar-refractivity contribution is 9.10. The number of nitrogens with zero attached hydrogens (tertiary/aromatic N) is 1. The van der Waals surface area contributed by atoms with Crippen molar-refractivity contribution < 1.29 is 14.3 Å². The number of ether oxygens (including phenoxy) is 2. The van der Waals surface area contributed by atoms with E-state index in [2.05, 4.69) is 15.9 Å². The number of hydrogen-bond acceptors (Lipinski definition) is 4. The smallest absolute Gasteiger partial charge is 0.348 e. The third kappa shape index (κ3) is 4.42. The number of rotatable bonds is 5. The first kappa shape index (κ1) is 15.3. The SMILES string of the molecule is CCOC(=O)/C(C#N)=C\c1cc(Br)ccc1OCC. The van der Waals surface area contributed by atoms with Crippen LogP contribution in [0.1, 0.15) is 19.4 Å². The summed E-state index contributed by atoms with van der Waals surface area (Å²) in [5.41, 5.74) is 0.599. The van der Waals surface area contributed by atoms with E-state index in [0.717, 1.165) is 4.47 Å². The van der Waals surface area contributed by atoms with Crippen LogP contribution >= 0.6 is 15.9 Å². The second-order valence-electron chi connectivity index (χ2n) is 3.51. The van der Waals surface area contributed by atoms with Crippen LogP contribution in [0.15, 0.2) is 28.2 Å². The van der Waals surface area contributed by atoms with Crippen molar-refractivity contribution in [1.82, 2.24) is 0 Å². The first-order valence-corrected chi connectivity index (χ1v) is 6.62. The maximum atomic E-state index is 11.6. The fourth-order valence-electron chi connectivity index (χ4n) is 1.42. The number of carbonyl (C=O) groups is 1. The predicted octanol–water partition coefficient (Wildman–Crippen LogP) is 3.32. The molecule has 0 bridgehead atoms. The normalized spacial score (nSPS) is 10.7. The third-order valence-electron chi connectivity index (χ3n) is 2.19. The zero-order valence-corrected chi connectivity index (χ0v) is 12.4. The van der Waals surface area contributed by atoms with Gasteiger partial charge in [-0.05, 0) is 38.1 Å². The summed E-state index contributed by atoms with van der Waals surface area (Å²) in [4.78, 5) is 11.6. The molecule has 0 saturated heterocycles. The lowest BCUT2D eigenvalue weighted by Crippen LogP contribution is -2.06. The van der Waals surface area contributed by atoms with Crippen molar-refractivity contribution in [3.8, 4) is 11.8 Å². The van der Waals surface area contributed by atoms with Gasteiger partial charge in [-0.3, -0.25) is 0 Å². The fraction of sp³-hybridized carbons (Fsp3) is 0.286. The van der Waals surface area contributed by atoms with Gasteiger partial charge >= 0.3 is 5.97 Å². The van der Waals surface area contributed by atoms with Gasteiger partial charge in [0.1, 0.15) is 17.4 Å². The second kappa shape index (κ2) is 7.59. The molecule has 0 saturated carbocycles.